The fourth-order valence-corrected chi connectivity index (χ4v) is 4.08. The molecule has 0 radical (unpaired) electrons. The van der Waals surface area contributed by atoms with Crippen molar-refractivity contribution >= 4 is 21.4 Å². The average Bonchev–Trinajstić information content (AvgIpc) is 2.79. The van der Waals surface area contributed by atoms with Crippen molar-refractivity contribution in [3.05, 3.63) is 58.0 Å². The summed E-state index contributed by atoms with van der Waals surface area (Å²) in [5, 5.41) is 3.96. The van der Waals surface area contributed by atoms with Gasteiger partial charge < -0.3 is 0 Å². The lowest BCUT2D eigenvalue weighted by Gasteiger charge is -2.13. The first-order valence-electron chi connectivity index (χ1n) is 6.20. The zero-order chi connectivity index (χ0) is 14.6. The Morgan fingerprint density at radius 3 is 2.75 bits per heavy atom. The van der Waals surface area contributed by atoms with E-state index in [-0.39, 0.29) is 11.8 Å². The summed E-state index contributed by atoms with van der Waals surface area (Å²) >= 11 is 1.58. The van der Waals surface area contributed by atoms with Gasteiger partial charge in [0.2, 0.25) is 10.0 Å². The predicted molar refractivity (Wildman–Crippen MR) is 79.6 cm³/mol. The van der Waals surface area contributed by atoms with Crippen molar-refractivity contribution in [2.75, 3.05) is 0 Å². The van der Waals surface area contributed by atoms with Crippen LogP contribution >= 0.6 is 11.3 Å². The maximum Gasteiger partial charge on any atom is 0.216 e. The summed E-state index contributed by atoms with van der Waals surface area (Å²) in [5.74, 6) is -0.636. The molecule has 1 unspecified atom stereocenters. The molecule has 1 aromatic heterocycles. The van der Waals surface area contributed by atoms with E-state index in [4.69, 9.17) is 0 Å². The largest absolute Gasteiger partial charge is 0.216 e. The molecule has 1 heterocycles. The summed E-state index contributed by atoms with van der Waals surface area (Å²) in [7, 11) is -3.47. The highest BCUT2D eigenvalue weighted by molar-refractivity contribution is 7.88. The number of hydrogen-bond donors (Lipinski definition) is 1. The Labute approximate surface area is 122 Å². The van der Waals surface area contributed by atoms with Crippen molar-refractivity contribution in [1.29, 1.82) is 0 Å². The molecule has 2 rings (SSSR count). The van der Waals surface area contributed by atoms with E-state index in [9.17, 15) is 12.8 Å². The molecule has 2 aromatic rings. The lowest BCUT2D eigenvalue weighted by atomic mass is 10.1. The minimum Gasteiger partial charge on any atom is -0.212 e. The molecule has 0 aliphatic heterocycles. The van der Waals surface area contributed by atoms with Gasteiger partial charge in [-0.2, -0.15) is 11.3 Å². The maximum absolute atomic E-state index is 13.0. The molecule has 3 nitrogen and oxygen atoms in total. The molecule has 0 aliphatic rings. The molecule has 0 saturated heterocycles. The van der Waals surface area contributed by atoms with E-state index in [1.54, 1.807) is 17.4 Å². The van der Waals surface area contributed by atoms with Crippen molar-refractivity contribution in [2.45, 2.75) is 25.1 Å². The van der Waals surface area contributed by atoms with Gasteiger partial charge in [0.15, 0.2) is 0 Å². The van der Waals surface area contributed by atoms with E-state index in [0.29, 0.717) is 12.0 Å². The van der Waals surface area contributed by atoms with Crippen LogP contribution < -0.4 is 4.72 Å². The highest BCUT2D eigenvalue weighted by Gasteiger charge is 2.16. The summed E-state index contributed by atoms with van der Waals surface area (Å²) < 4.78 is 39.7. The minimum absolute atomic E-state index is 0.192. The second-order valence-corrected chi connectivity index (χ2v) is 7.28. The Hall–Kier alpha value is -1.24. The fraction of sp³-hybridized carbons (Fsp3) is 0.286. The van der Waals surface area contributed by atoms with Crippen LogP contribution in [0, 0.1) is 5.82 Å². The molecule has 0 spiro atoms. The number of rotatable bonds is 6. The smallest absolute Gasteiger partial charge is 0.212 e. The van der Waals surface area contributed by atoms with Crippen molar-refractivity contribution in [3.63, 3.8) is 0 Å². The normalized spacial score (nSPS) is 13.3. The number of halogens is 1. The van der Waals surface area contributed by atoms with E-state index in [1.165, 1.54) is 18.2 Å². The minimum atomic E-state index is -3.47. The molecule has 108 valence electrons. The topological polar surface area (TPSA) is 46.2 Å². The van der Waals surface area contributed by atoms with Crippen molar-refractivity contribution < 1.29 is 12.8 Å². The summed E-state index contributed by atoms with van der Waals surface area (Å²) in [6.07, 6.45) is 0.645. The fourth-order valence-electron chi connectivity index (χ4n) is 2.00. The van der Waals surface area contributed by atoms with Crippen LogP contribution in [0.1, 0.15) is 18.1 Å². The number of thiophene rings is 1. The highest BCUT2D eigenvalue weighted by atomic mass is 32.2. The number of nitrogens with one attached hydrogen (secondary N) is 1. The number of benzene rings is 1. The van der Waals surface area contributed by atoms with Crippen LogP contribution in [0.5, 0.6) is 0 Å². The third-order valence-electron chi connectivity index (χ3n) is 2.75. The number of sulfonamides is 1. The standard InChI is InChI=1S/C14H16FNO2S2/c1-11(7-12-5-6-19-9-12)16-20(17,18)10-13-3-2-4-14(15)8-13/h2-6,8-9,11,16H,7,10H2,1H3. The van der Waals surface area contributed by atoms with Crippen LogP contribution in [0.2, 0.25) is 0 Å². The summed E-state index contributed by atoms with van der Waals surface area (Å²) in [6, 6.07) is 7.43. The Morgan fingerprint density at radius 2 is 2.10 bits per heavy atom. The average molecular weight is 313 g/mol. The lowest BCUT2D eigenvalue weighted by molar-refractivity contribution is 0.559. The van der Waals surface area contributed by atoms with Crippen molar-refractivity contribution in [3.8, 4) is 0 Å². The van der Waals surface area contributed by atoms with E-state index in [1.807, 2.05) is 23.8 Å². The first-order valence-corrected chi connectivity index (χ1v) is 8.80. The van der Waals surface area contributed by atoms with Gasteiger partial charge in [-0.05, 0) is 53.4 Å². The van der Waals surface area contributed by atoms with Gasteiger partial charge in [0, 0.05) is 6.04 Å². The van der Waals surface area contributed by atoms with Crippen LogP contribution in [0.3, 0.4) is 0 Å². The van der Waals surface area contributed by atoms with Crippen molar-refractivity contribution in [2.24, 2.45) is 0 Å². The molecule has 0 bridgehead atoms. The molecule has 1 aromatic carbocycles. The van der Waals surface area contributed by atoms with Gasteiger partial charge in [0.05, 0.1) is 5.75 Å². The van der Waals surface area contributed by atoms with Crippen LogP contribution in [0.25, 0.3) is 0 Å². The molecule has 0 saturated carbocycles. The second-order valence-electron chi connectivity index (χ2n) is 4.74. The van der Waals surface area contributed by atoms with Crippen LogP contribution in [-0.4, -0.2) is 14.5 Å². The van der Waals surface area contributed by atoms with E-state index in [0.717, 1.165) is 5.56 Å². The third-order valence-corrected chi connectivity index (χ3v) is 4.96. The Balaban J connectivity index is 1.96. The quantitative estimate of drug-likeness (QED) is 0.891. The Kier molecular flexibility index (Phi) is 4.91. The summed E-state index contributed by atoms with van der Waals surface area (Å²) in [4.78, 5) is 0. The molecular weight excluding hydrogens is 297 g/mol. The Morgan fingerprint density at radius 1 is 1.30 bits per heavy atom. The van der Waals surface area contributed by atoms with E-state index in [2.05, 4.69) is 4.72 Å². The van der Waals surface area contributed by atoms with E-state index >= 15 is 0 Å². The molecule has 0 aliphatic carbocycles. The molecule has 6 heteroatoms. The molecule has 20 heavy (non-hydrogen) atoms. The molecule has 0 amide bonds. The van der Waals surface area contributed by atoms with Gasteiger partial charge in [-0.3, -0.25) is 0 Å². The third kappa shape index (κ3) is 4.70. The van der Waals surface area contributed by atoms with Gasteiger partial charge in [-0.15, -0.1) is 0 Å². The first-order chi connectivity index (χ1) is 9.44. The summed E-state index contributed by atoms with van der Waals surface area (Å²) in [5.41, 5.74) is 1.55. The molecular formula is C14H16FNO2S2. The van der Waals surface area contributed by atoms with Crippen LogP contribution in [0.4, 0.5) is 4.39 Å². The highest BCUT2D eigenvalue weighted by Crippen LogP contribution is 2.11. The number of hydrogen-bond acceptors (Lipinski definition) is 3. The van der Waals surface area contributed by atoms with Crippen LogP contribution in [0.15, 0.2) is 41.1 Å². The van der Waals surface area contributed by atoms with Crippen molar-refractivity contribution in [1.82, 2.24) is 4.72 Å². The first kappa shape index (κ1) is 15.2. The van der Waals surface area contributed by atoms with Crippen LogP contribution in [-0.2, 0) is 22.2 Å². The zero-order valence-electron chi connectivity index (χ0n) is 11.0. The Bertz CT molecular complexity index is 654. The van der Waals surface area contributed by atoms with Gasteiger partial charge in [0.1, 0.15) is 5.82 Å². The molecule has 1 N–H and O–H groups in total. The lowest BCUT2D eigenvalue weighted by Crippen LogP contribution is -2.34. The monoisotopic (exact) mass is 313 g/mol. The maximum atomic E-state index is 13.0. The van der Waals surface area contributed by atoms with Gasteiger partial charge in [-0.1, -0.05) is 12.1 Å². The van der Waals surface area contributed by atoms with Gasteiger partial charge in [0.25, 0.3) is 0 Å². The summed E-state index contributed by atoms with van der Waals surface area (Å²) in [6.45, 7) is 1.82. The molecule has 1 atom stereocenters. The SMILES string of the molecule is CC(Cc1ccsc1)NS(=O)(=O)Cc1cccc(F)c1. The predicted octanol–water partition coefficient (Wildman–Crippen LogP) is 2.94. The zero-order valence-corrected chi connectivity index (χ0v) is 12.7. The van der Waals surface area contributed by atoms with E-state index < -0.39 is 15.8 Å². The second kappa shape index (κ2) is 6.47. The molecule has 0 fully saturated rings. The van der Waals surface area contributed by atoms with Gasteiger partial charge in [-0.25, -0.2) is 17.5 Å². The van der Waals surface area contributed by atoms with Gasteiger partial charge >= 0.3 is 0 Å².